The van der Waals surface area contributed by atoms with E-state index in [-0.39, 0.29) is 36.2 Å². The first kappa shape index (κ1) is 19.5. The van der Waals surface area contributed by atoms with Gasteiger partial charge in [0.1, 0.15) is 11.6 Å². The van der Waals surface area contributed by atoms with Crippen molar-refractivity contribution in [2.24, 2.45) is 0 Å². The monoisotopic (exact) mass is 405 g/mol. The van der Waals surface area contributed by atoms with Gasteiger partial charge in [0.25, 0.3) is 0 Å². The summed E-state index contributed by atoms with van der Waals surface area (Å²) in [7, 11) is 1.60. The molecule has 2 aromatic rings. The number of benzene rings is 1. The lowest BCUT2D eigenvalue weighted by Gasteiger charge is -2.39. The highest BCUT2D eigenvalue weighted by atomic mass is 19.1. The van der Waals surface area contributed by atoms with Crippen molar-refractivity contribution in [3.05, 3.63) is 35.5 Å². The predicted octanol–water partition coefficient (Wildman–Crippen LogP) is 2.92. The molecule has 4 rings (SSSR count). The third-order valence-electron chi connectivity index (χ3n) is 5.60. The average molecular weight is 405 g/mol. The van der Waals surface area contributed by atoms with Crippen molar-refractivity contribution in [1.82, 2.24) is 25.4 Å². The summed E-state index contributed by atoms with van der Waals surface area (Å²) in [6.07, 6.45) is 3.62. The molecule has 1 saturated carbocycles. The van der Waals surface area contributed by atoms with E-state index in [0.29, 0.717) is 24.2 Å². The summed E-state index contributed by atoms with van der Waals surface area (Å²) in [6.45, 7) is 1.39. The molecule has 0 unspecified atom stereocenters. The van der Waals surface area contributed by atoms with Gasteiger partial charge in [-0.15, -0.1) is 0 Å². The molecule has 3 N–H and O–H groups in total. The van der Waals surface area contributed by atoms with Gasteiger partial charge in [0.15, 0.2) is 0 Å². The number of aromatic amines is 1. The maximum atomic E-state index is 13.9. The number of hydrogen-bond donors (Lipinski definition) is 3. The van der Waals surface area contributed by atoms with Crippen molar-refractivity contribution in [2.75, 3.05) is 20.1 Å². The molecule has 1 aromatic heterocycles. The highest BCUT2D eigenvalue weighted by Gasteiger charge is 2.39. The Hall–Kier alpha value is -2.84. The fourth-order valence-corrected chi connectivity index (χ4v) is 4.09. The summed E-state index contributed by atoms with van der Waals surface area (Å²) in [5.74, 6) is -1.30. The summed E-state index contributed by atoms with van der Waals surface area (Å²) in [4.78, 5) is 31.4. The van der Waals surface area contributed by atoms with E-state index in [9.17, 15) is 18.4 Å². The number of likely N-dealkylation sites (tertiary alicyclic amines) is 1. The summed E-state index contributed by atoms with van der Waals surface area (Å²) in [5.41, 5.74) is 0.826. The topological polar surface area (TPSA) is 80.5 Å². The van der Waals surface area contributed by atoms with Crippen LogP contribution < -0.4 is 10.6 Å². The van der Waals surface area contributed by atoms with Gasteiger partial charge in [-0.3, -0.25) is 0 Å². The van der Waals surface area contributed by atoms with Crippen LogP contribution in [0.5, 0.6) is 0 Å². The highest BCUT2D eigenvalue weighted by Crippen LogP contribution is 2.31. The van der Waals surface area contributed by atoms with Crippen LogP contribution in [0, 0.1) is 11.6 Å². The van der Waals surface area contributed by atoms with Gasteiger partial charge >= 0.3 is 12.1 Å². The zero-order valence-electron chi connectivity index (χ0n) is 16.3. The molecule has 4 amide bonds. The number of nitrogens with one attached hydrogen (secondary N) is 3. The second-order valence-electron chi connectivity index (χ2n) is 7.74. The van der Waals surface area contributed by atoms with E-state index >= 15 is 0 Å². The Kier molecular flexibility index (Phi) is 5.29. The largest absolute Gasteiger partial charge is 0.355 e. The predicted molar refractivity (Wildman–Crippen MR) is 104 cm³/mol. The molecular weight excluding hydrogens is 380 g/mol. The van der Waals surface area contributed by atoms with Crippen LogP contribution in [0.4, 0.5) is 18.4 Å². The van der Waals surface area contributed by atoms with Crippen LogP contribution in [0.1, 0.15) is 31.4 Å². The van der Waals surface area contributed by atoms with Crippen LogP contribution in [0.3, 0.4) is 0 Å². The van der Waals surface area contributed by atoms with E-state index in [1.807, 2.05) is 4.90 Å². The van der Waals surface area contributed by atoms with Crippen LogP contribution in [-0.2, 0) is 6.54 Å². The first-order valence-electron chi connectivity index (χ1n) is 9.95. The van der Waals surface area contributed by atoms with Gasteiger partial charge in [-0.2, -0.15) is 0 Å². The lowest BCUT2D eigenvalue weighted by molar-refractivity contribution is 0.116. The SMILES string of the molecule is CNC(=O)N1CCC[C@@H](N(C(=O)NCc2cc3cc(F)cc(F)c3[nH]2)C2CC2)C1. The molecule has 1 aliphatic heterocycles. The summed E-state index contributed by atoms with van der Waals surface area (Å²) in [5, 5.41) is 5.96. The minimum Gasteiger partial charge on any atom is -0.355 e. The Labute approximate surface area is 167 Å². The molecule has 1 aromatic carbocycles. The minimum atomic E-state index is -0.659. The third kappa shape index (κ3) is 4.13. The van der Waals surface area contributed by atoms with Gasteiger partial charge in [0, 0.05) is 43.3 Å². The number of amides is 4. The highest BCUT2D eigenvalue weighted by molar-refractivity contribution is 5.81. The number of H-pyrrole nitrogens is 1. The van der Waals surface area contributed by atoms with Crippen LogP contribution in [0.2, 0.25) is 0 Å². The molecule has 156 valence electrons. The zero-order chi connectivity index (χ0) is 20.5. The molecule has 9 heteroatoms. The molecule has 1 atom stereocenters. The second kappa shape index (κ2) is 7.88. The molecule has 2 aliphatic rings. The Bertz CT molecular complexity index is 927. The van der Waals surface area contributed by atoms with Crippen molar-refractivity contribution in [3.63, 3.8) is 0 Å². The van der Waals surface area contributed by atoms with Gasteiger partial charge in [-0.1, -0.05) is 0 Å². The lowest BCUT2D eigenvalue weighted by Crippen LogP contribution is -2.56. The van der Waals surface area contributed by atoms with Gasteiger partial charge in [-0.25, -0.2) is 18.4 Å². The quantitative estimate of drug-likeness (QED) is 0.731. The van der Waals surface area contributed by atoms with Gasteiger partial charge in [-0.05, 0) is 37.8 Å². The maximum absolute atomic E-state index is 13.9. The number of hydrogen-bond acceptors (Lipinski definition) is 2. The molecule has 1 saturated heterocycles. The Balaban J connectivity index is 1.43. The van der Waals surface area contributed by atoms with Crippen molar-refractivity contribution in [2.45, 2.75) is 44.3 Å². The normalized spacial score (nSPS) is 19.3. The second-order valence-corrected chi connectivity index (χ2v) is 7.74. The number of urea groups is 2. The number of halogens is 2. The molecular formula is C20H25F2N5O2. The van der Waals surface area contributed by atoms with Crippen molar-refractivity contribution < 1.29 is 18.4 Å². The number of aromatic nitrogens is 1. The van der Waals surface area contributed by atoms with E-state index in [2.05, 4.69) is 15.6 Å². The van der Waals surface area contributed by atoms with E-state index in [1.54, 1.807) is 18.0 Å². The minimum absolute atomic E-state index is 0.0252. The molecule has 7 nitrogen and oxygen atoms in total. The van der Waals surface area contributed by atoms with Crippen LogP contribution in [-0.4, -0.2) is 59.1 Å². The fourth-order valence-electron chi connectivity index (χ4n) is 4.09. The zero-order valence-corrected chi connectivity index (χ0v) is 16.3. The number of carbonyl (C=O) groups excluding carboxylic acids is 2. The Morgan fingerprint density at radius 1 is 1.21 bits per heavy atom. The number of carbonyl (C=O) groups is 2. The first-order valence-corrected chi connectivity index (χ1v) is 9.95. The van der Waals surface area contributed by atoms with E-state index in [0.717, 1.165) is 31.7 Å². The van der Waals surface area contributed by atoms with Gasteiger partial charge in [0.05, 0.1) is 18.1 Å². The number of rotatable bonds is 4. The summed E-state index contributed by atoms with van der Waals surface area (Å²) >= 11 is 0. The Morgan fingerprint density at radius 3 is 2.72 bits per heavy atom. The molecule has 2 heterocycles. The number of nitrogens with zero attached hydrogens (tertiary/aromatic N) is 2. The van der Waals surface area contributed by atoms with E-state index < -0.39 is 11.6 Å². The average Bonchev–Trinajstić information content (AvgIpc) is 3.44. The smallest absolute Gasteiger partial charge is 0.318 e. The molecule has 2 fully saturated rings. The van der Waals surface area contributed by atoms with Crippen molar-refractivity contribution in [1.29, 1.82) is 0 Å². The van der Waals surface area contributed by atoms with Gasteiger partial charge < -0.3 is 25.4 Å². The maximum Gasteiger partial charge on any atom is 0.318 e. The van der Waals surface area contributed by atoms with Crippen LogP contribution in [0.25, 0.3) is 10.9 Å². The number of fused-ring (bicyclic) bond motifs is 1. The fraction of sp³-hybridized carbons (Fsp3) is 0.500. The lowest BCUT2D eigenvalue weighted by atomic mass is 10.0. The summed E-state index contributed by atoms with van der Waals surface area (Å²) < 4.78 is 27.3. The molecule has 1 aliphatic carbocycles. The third-order valence-corrected chi connectivity index (χ3v) is 5.60. The summed E-state index contributed by atoms with van der Waals surface area (Å²) in [6, 6.07) is 3.57. The molecule has 0 radical (unpaired) electrons. The standard InChI is InChI=1S/C20H25F2N5O2/c1-23-19(28)26-6-2-3-16(11-26)27(15-4-5-15)20(29)24-10-14-8-12-7-13(21)9-17(22)18(12)25-14/h7-9,15-16,25H,2-6,10-11H2,1H3,(H,23,28)(H,24,29)/t16-/m1/s1. The van der Waals surface area contributed by atoms with E-state index in [4.69, 9.17) is 0 Å². The molecule has 29 heavy (non-hydrogen) atoms. The van der Waals surface area contributed by atoms with Crippen molar-refractivity contribution >= 4 is 23.0 Å². The molecule has 0 bridgehead atoms. The van der Waals surface area contributed by atoms with Crippen LogP contribution in [0.15, 0.2) is 18.2 Å². The van der Waals surface area contributed by atoms with E-state index in [1.165, 1.54) is 6.07 Å². The Morgan fingerprint density at radius 2 is 2.00 bits per heavy atom. The van der Waals surface area contributed by atoms with Crippen LogP contribution >= 0.6 is 0 Å². The first-order chi connectivity index (χ1) is 14.0. The molecule has 0 spiro atoms. The van der Waals surface area contributed by atoms with Gasteiger partial charge in [0.2, 0.25) is 0 Å². The van der Waals surface area contributed by atoms with Crippen molar-refractivity contribution in [3.8, 4) is 0 Å². The number of piperidine rings is 1.